The van der Waals surface area contributed by atoms with Crippen molar-refractivity contribution in [3.8, 4) is 5.75 Å². The van der Waals surface area contributed by atoms with Gasteiger partial charge < -0.3 is 19.7 Å². The number of hydrogen-bond donors (Lipinski definition) is 1. The topological polar surface area (TPSA) is 74.6 Å². The van der Waals surface area contributed by atoms with E-state index in [2.05, 4.69) is 30.9 Å². The fraction of sp³-hybridized carbons (Fsp3) is 0.300. The van der Waals surface area contributed by atoms with Gasteiger partial charge in [-0.05, 0) is 61.0 Å². The first-order valence-corrected chi connectivity index (χ1v) is 13.5. The van der Waals surface area contributed by atoms with Crippen LogP contribution in [0.15, 0.2) is 106 Å². The summed E-state index contributed by atoms with van der Waals surface area (Å²) in [5.41, 5.74) is 5.54. The zero-order chi connectivity index (χ0) is 28.2. The van der Waals surface area contributed by atoms with Gasteiger partial charge in [0.2, 0.25) is 0 Å². The van der Waals surface area contributed by atoms with E-state index in [-0.39, 0.29) is 11.8 Å². The van der Waals surface area contributed by atoms with Crippen molar-refractivity contribution in [3.05, 3.63) is 96.3 Å². The van der Waals surface area contributed by atoms with E-state index in [0.717, 1.165) is 72.7 Å². The van der Waals surface area contributed by atoms with E-state index < -0.39 is 6.36 Å². The molecule has 2 aliphatic carbocycles. The molecule has 1 N–H and O–H groups in total. The Morgan fingerprint density at radius 2 is 1.93 bits per heavy atom. The number of pyridine rings is 1. The minimum absolute atomic E-state index is 0.111. The lowest BCUT2D eigenvalue weighted by molar-refractivity contribution is -0.274. The predicted octanol–water partition coefficient (Wildman–Crippen LogP) is 5.12. The van der Waals surface area contributed by atoms with E-state index in [9.17, 15) is 13.2 Å². The molecule has 41 heavy (non-hydrogen) atoms. The number of morpholine rings is 1. The van der Waals surface area contributed by atoms with Gasteiger partial charge in [-0.3, -0.25) is 14.9 Å². The van der Waals surface area contributed by atoms with Crippen molar-refractivity contribution in [2.45, 2.75) is 18.8 Å². The lowest BCUT2D eigenvalue weighted by Crippen LogP contribution is -2.43. The molecule has 2 aliphatic heterocycles. The molecular formula is C30H29F3N6O2. The number of fused-ring (bicyclic) bond motifs is 2. The van der Waals surface area contributed by atoms with Gasteiger partial charge in [-0.25, -0.2) is 4.99 Å². The summed E-state index contributed by atoms with van der Waals surface area (Å²) < 4.78 is 47.9. The maximum atomic E-state index is 12.8. The van der Waals surface area contributed by atoms with Gasteiger partial charge in [-0.15, -0.1) is 13.2 Å². The number of nitrogens with zero attached hydrogens (tertiary/aromatic N) is 5. The second kappa shape index (κ2) is 11.7. The quantitative estimate of drug-likeness (QED) is 0.473. The number of hydrogen-bond acceptors (Lipinski definition) is 8. The van der Waals surface area contributed by atoms with Gasteiger partial charge in [0.15, 0.2) is 0 Å². The zero-order valence-electron chi connectivity index (χ0n) is 22.2. The number of halogens is 3. The molecule has 1 fully saturated rings. The molecule has 0 bridgehead atoms. The van der Waals surface area contributed by atoms with Crippen LogP contribution in [0.2, 0.25) is 0 Å². The molecule has 0 radical (unpaired) electrons. The Balaban J connectivity index is 1.36. The molecule has 1 aromatic heterocycles. The highest BCUT2D eigenvalue weighted by molar-refractivity contribution is 6.26. The van der Waals surface area contributed by atoms with Gasteiger partial charge in [-0.2, -0.15) is 0 Å². The summed E-state index contributed by atoms with van der Waals surface area (Å²) in [7, 11) is 0. The SMILES string of the molecule is FC(F)(F)Oc1ccc(N2C3=C/C(=N\CCN4CCOCC4)C(Nc4cccnc4)=CC3=NC3=CC=CCC32)cc1. The van der Waals surface area contributed by atoms with Gasteiger partial charge in [-0.1, -0.05) is 12.2 Å². The van der Waals surface area contributed by atoms with Crippen molar-refractivity contribution < 1.29 is 22.6 Å². The van der Waals surface area contributed by atoms with Gasteiger partial charge in [0.05, 0.1) is 66.2 Å². The Hall–Kier alpha value is -4.22. The van der Waals surface area contributed by atoms with E-state index in [4.69, 9.17) is 14.7 Å². The molecule has 3 heterocycles. The molecule has 1 atom stereocenters. The highest BCUT2D eigenvalue weighted by atomic mass is 19.4. The summed E-state index contributed by atoms with van der Waals surface area (Å²) in [6.45, 7) is 4.61. The molecule has 4 aliphatic rings. The van der Waals surface area contributed by atoms with Crippen LogP contribution in [0.3, 0.4) is 0 Å². The standard InChI is InChI=1S/C30H29F3N6O2/c31-30(32,33)41-23-9-7-22(8-10-23)39-28-6-2-1-5-24(28)37-27-18-26(36-21-4-3-11-34-20-21)25(19-29(27)39)35-12-13-38-14-16-40-17-15-38/h1-5,7-11,18-20,28,36H,6,12-17H2/b35-25+. The zero-order valence-corrected chi connectivity index (χ0v) is 22.2. The van der Waals surface area contributed by atoms with Crippen LogP contribution >= 0.6 is 0 Å². The van der Waals surface area contributed by atoms with Crippen molar-refractivity contribution in [2.24, 2.45) is 9.98 Å². The second-order valence-corrected chi connectivity index (χ2v) is 9.86. The largest absolute Gasteiger partial charge is 0.573 e. The minimum atomic E-state index is -4.75. The molecule has 1 aromatic carbocycles. The summed E-state index contributed by atoms with van der Waals surface area (Å²) in [6.07, 6.45) is 9.40. The molecule has 8 nitrogen and oxygen atoms in total. The van der Waals surface area contributed by atoms with Crippen LogP contribution in [-0.2, 0) is 4.74 Å². The number of allylic oxidation sites excluding steroid dienone is 4. The Morgan fingerprint density at radius 3 is 2.68 bits per heavy atom. The monoisotopic (exact) mass is 562 g/mol. The van der Waals surface area contributed by atoms with Crippen LogP contribution in [-0.4, -0.2) is 73.1 Å². The van der Waals surface area contributed by atoms with Crippen molar-refractivity contribution in [2.75, 3.05) is 49.6 Å². The van der Waals surface area contributed by atoms with Crippen LogP contribution in [0.1, 0.15) is 6.42 Å². The minimum Gasteiger partial charge on any atom is -0.406 e. The fourth-order valence-electron chi connectivity index (χ4n) is 5.20. The third-order valence-electron chi connectivity index (χ3n) is 7.11. The highest BCUT2D eigenvalue weighted by Crippen LogP contribution is 2.37. The number of alkyl halides is 3. The normalized spacial score (nSPS) is 21.8. The summed E-state index contributed by atoms with van der Waals surface area (Å²) in [5, 5.41) is 3.44. The van der Waals surface area contributed by atoms with E-state index >= 15 is 0 Å². The Morgan fingerprint density at radius 1 is 1.10 bits per heavy atom. The van der Waals surface area contributed by atoms with Crippen molar-refractivity contribution in [1.29, 1.82) is 0 Å². The highest BCUT2D eigenvalue weighted by Gasteiger charge is 2.35. The maximum absolute atomic E-state index is 12.8. The first kappa shape index (κ1) is 27.0. The molecule has 2 aromatic rings. The molecule has 0 saturated carbocycles. The average molecular weight is 563 g/mol. The number of benzene rings is 1. The Kier molecular flexibility index (Phi) is 7.71. The number of ether oxygens (including phenoxy) is 2. The fourth-order valence-corrected chi connectivity index (χ4v) is 5.20. The number of nitrogens with one attached hydrogen (secondary N) is 1. The van der Waals surface area contributed by atoms with E-state index in [0.29, 0.717) is 13.0 Å². The number of aliphatic imine (C=N–C) groups is 2. The third-order valence-corrected chi connectivity index (χ3v) is 7.11. The third kappa shape index (κ3) is 6.41. The molecule has 6 rings (SSSR count). The first-order chi connectivity index (χ1) is 19.9. The van der Waals surface area contributed by atoms with Crippen LogP contribution in [0, 0.1) is 0 Å². The van der Waals surface area contributed by atoms with Gasteiger partial charge >= 0.3 is 6.36 Å². The lowest BCUT2D eigenvalue weighted by Gasteiger charge is -2.41. The van der Waals surface area contributed by atoms with Crippen molar-refractivity contribution in [3.63, 3.8) is 0 Å². The first-order valence-electron chi connectivity index (χ1n) is 13.5. The van der Waals surface area contributed by atoms with Gasteiger partial charge in [0.25, 0.3) is 0 Å². The van der Waals surface area contributed by atoms with Crippen LogP contribution in [0.25, 0.3) is 0 Å². The summed E-state index contributed by atoms with van der Waals surface area (Å²) in [5.74, 6) is -0.266. The van der Waals surface area contributed by atoms with Crippen LogP contribution in [0.5, 0.6) is 5.75 Å². The molecule has 11 heteroatoms. The molecule has 0 spiro atoms. The summed E-state index contributed by atoms with van der Waals surface area (Å²) >= 11 is 0. The maximum Gasteiger partial charge on any atom is 0.573 e. The summed E-state index contributed by atoms with van der Waals surface area (Å²) in [6, 6.07) is 9.64. The number of aromatic nitrogens is 1. The number of anilines is 2. The smallest absolute Gasteiger partial charge is 0.406 e. The van der Waals surface area contributed by atoms with Crippen LogP contribution < -0.4 is 15.0 Å². The second-order valence-electron chi connectivity index (χ2n) is 9.86. The van der Waals surface area contributed by atoms with Gasteiger partial charge in [0, 0.05) is 31.5 Å². The van der Waals surface area contributed by atoms with E-state index in [1.54, 1.807) is 24.5 Å². The average Bonchev–Trinajstić information content (AvgIpc) is 2.97. The van der Waals surface area contributed by atoms with Gasteiger partial charge in [0.1, 0.15) is 5.75 Å². The van der Waals surface area contributed by atoms with Crippen LogP contribution in [0.4, 0.5) is 24.5 Å². The lowest BCUT2D eigenvalue weighted by atomic mass is 9.94. The number of rotatable bonds is 7. The van der Waals surface area contributed by atoms with E-state index in [1.165, 1.54) is 12.1 Å². The van der Waals surface area contributed by atoms with E-state index in [1.807, 2.05) is 36.4 Å². The molecule has 1 saturated heterocycles. The molecule has 1 unspecified atom stereocenters. The van der Waals surface area contributed by atoms with Crippen molar-refractivity contribution >= 4 is 22.8 Å². The predicted molar refractivity (Wildman–Crippen MR) is 152 cm³/mol. The van der Waals surface area contributed by atoms with Crippen molar-refractivity contribution in [1.82, 2.24) is 9.88 Å². The Labute approximate surface area is 235 Å². The molecule has 212 valence electrons. The Bertz CT molecular complexity index is 1440. The molecular weight excluding hydrogens is 533 g/mol. The summed E-state index contributed by atoms with van der Waals surface area (Å²) in [4.78, 5) is 18.6. The molecule has 0 amide bonds.